The van der Waals surface area contributed by atoms with Gasteiger partial charge in [-0.3, -0.25) is 9.69 Å². The third-order valence-corrected chi connectivity index (χ3v) is 5.62. The zero-order chi connectivity index (χ0) is 16.2. The van der Waals surface area contributed by atoms with Crippen molar-refractivity contribution in [1.82, 2.24) is 14.8 Å². The zero-order valence-electron chi connectivity index (χ0n) is 12.9. The third kappa shape index (κ3) is 4.07. The number of nitrogens with zero attached hydrogens (tertiary/aromatic N) is 3. The van der Waals surface area contributed by atoms with Gasteiger partial charge in [0.15, 0.2) is 0 Å². The lowest BCUT2D eigenvalue weighted by Gasteiger charge is -2.34. The first kappa shape index (κ1) is 16.8. The molecule has 1 aromatic carbocycles. The first-order valence-electron chi connectivity index (χ1n) is 7.39. The van der Waals surface area contributed by atoms with Gasteiger partial charge < -0.3 is 4.90 Å². The Morgan fingerprint density at radius 2 is 2.13 bits per heavy atom. The molecular formula is C16H18ClN3OS2. The minimum atomic E-state index is 0.0270. The molecule has 0 saturated carbocycles. The summed E-state index contributed by atoms with van der Waals surface area (Å²) in [5.74, 6) is 0.0270. The second kappa shape index (κ2) is 7.66. The molecule has 7 heteroatoms. The van der Waals surface area contributed by atoms with Crippen LogP contribution in [0.5, 0.6) is 0 Å². The number of rotatable bonds is 4. The number of benzene rings is 1. The smallest absolute Gasteiger partial charge is 0.255 e. The van der Waals surface area contributed by atoms with Gasteiger partial charge in [-0.25, -0.2) is 4.98 Å². The molecule has 2 aromatic rings. The normalized spacial score (nSPS) is 15.8. The summed E-state index contributed by atoms with van der Waals surface area (Å²) in [6.45, 7) is 4.03. The first-order chi connectivity index (χ1) is 11.2. The lowest BCUT2D eigenvalue weighted by Crippen LogP contribution is -2.48. The molecule has 0 atom stereocenters. The molecule has 1 aliphatic heterocycles. The van der Waals surface area contributed by atoms with Crippen molar-refractivity contribution in [3.63, 3.8) is 0 Å². The van der Waals surface area contributed by atoms with E-state index in [0.717, 1.165) is 43.3 Å². The largest absolute Gasteiger partial charge is 0.336 e. The lowest BCUT2D eigenvalue weighted by atomic mass is 10.1. The summed E-state index contributed by atoms with van der Waals surface area (Å²) in [7, 11) is 0. The number of carbonyl (C=O) groups is 1. The van der Waals surface area contributed by atoms with Gasteiger partial charge in [0, 0.05) is 43.0 Å². The molecule has 0 bridgehead atoms. The van der Waals surface area contributed by atoms with Gasteiger partial charge in [0.1, 0.15) is 0 Å². The average Bonchev–Trinajstić information content (AvgIpc) is 3.08. The Bertz CT molecular complexity index is 670. The van der Waals surface area contributed by atoms with Crippen molar-refractivity contribution in [2.24, 2.45) is 0 Å². The summed E-state index contributed by atoms with van der Waals surface area (Å²) < 4.78 is 0. The molecule has 1 aromatic heterocycles. The Morgan fingerprint density at radius 1 is 1.35 bits per heavy atom. The van der Waals surface area contributed by atoms with Crippen molar-refractivity contribution in [2.45, 2.75) is 11.4 Å². The van der Waals surface area contributed by atoms with Crippen LogP contribution in [0.25, 0.3) is 0 Å². The molecule has 1 fully saturated rings. The van der Waals surface area contributed by atoms with Crippen molar-refractivity contribution >= 4 is 40.6 Å². The number of amides is 1. The van der Waals surface area contributed by atoms with E-state index in [4.69, 9.17) is 11.6 Å². The highest BCUT2D eigenvalue weighted by Gasteiger charge is 2.24. The van der Waals surface area contributed by atoms with Crippen LogP contribution in [0.2, 0.25) is 5.02 Å². The van der Waals surface area contributed by atoms with E-state index in [1.165, 1.54) is 0 Å². The van der Waals surface area contributed by atoms with E-state index in [1.54, 1.807) is 29.2 Å². The fourth-order valence-electron chi connectivity index (χ4n) is 2.62. The molecule has 1 amide bonds. The predicted octanol–water partition coefficient (Wildman–Crippen LogP) is 3.48. The van der Waals surface area contributed by atoms with Gasteiger partial charge in [-0.2, -0.15) is 0 Å². The molecule has 0 unspecified atom stereocenters. The van der Waals surface area contributed by atoms with Gasteiger partial charge in [0.2, 0.25) is 0 Å². The van der Waals surface area contributed by atoms with E-state index in [-0.39, 0.29) is 5.91 Å². The first-order valence-corrected chi connectivity index (χ1v) is 9.94. The molecule has 0 radical (unpaired) electrons. The third-order valence-electron chi connectivity index (χ3n) is 3.93. The average molecular weight is 368 g/mol. The van der Waals surface area contributed by atoms with Gasteiger partial charge >= 0.3 is 0 Å². The molecule has 2 heterocycles. The molecule has 0 N–H and O–H groups in total. The van der Waals surface area contributed by atoms with Crippen LogP contribution in [0, 0.1) is 0 Å². The number of halogens is 1. The molecule has 0 spiro atoms. The van der Waals surface area contributed by atoms with E-state index in [1.807, 2.05) is 28.8 Å². The van der Waals surface area contributed by atoms with E-state index in [2.05, 4.69) is 15.3 Å². The van der Waals surface area contributed by atoms with Gasteiger partial charge in [0.05, 0.1) is 21.8 Å². The van der Waals surface area contributed by atoms with Crippen LogP contribution in [0.1, 0.15) is 16.1 Å². The summed E-state index contributed by atoms with van der Waals surface area (Å²) in [5.41, 5.74) is 3.56. The number of hydrogen-bond acceptors (Lipinski definition) is 5. The Balaban J connectivity index is 1.62. The van der Waals surface area contributed by atoms with Crippen molar-refractivity contribution in [2.75, 3.05) is 32.4 Å². The van der Waals surface area contributed by atoms with Crippen LogP contribution in [0.4, 0.5) is 0 Å². The molecular weight excluding hydrogens is 350 g/mol. The molecule has 1 aliphatic rings. The van der Waals surface area contributed by atoms with Crippen molar-refractivity contribution in [1.29, 1.82) is 0 Å². The summed E-state index contributed by atoms with van der Waals surface area (Å²) in [6, 6.07) is 5.63. The molecule has 1 saturated heterocycles. The quantitative estimate of drug-likeness (QED) is 0.775. The molecule has 4 nitrogen and oxygen atoms in total. The summed E-state index contributed by atoms with van der Waals surface area (Å²) in [4.78, 5) is 22.3. The Hall–Kier alpha value is -1.08. The maximum atomic E-state index is 12.7. The molecule has 3 rings (SSSR count). The summed E-state index contributed by atoms with van der Waals surface area (Å²) >= 11 is 9.45. The topological polar surface area (TPSA) is 36.4 Å². The Kier molecular flexibility index (Phi) is 5.58. The van der Waals surface area contributed by atoms with Crippen LogP contribution in [0.3, 0.4) is 0 Å². The molecule has 0 aliphatic carbocycles. The Labute approximate surface area is 149 Å². The number of aromatic nitrogens is 1. The highest BCUT2D eigenvalue weighted by molar-refractivity contribution is 7.98. The number of thioether (sulfide) groups is 1. The van der Waals surface area contributed by atoms with Gasteiger partial charge in [0.25, 0.3) is 5.91 Å². The maximum absolute atomic E-state index is 12.7. The minimum absolute atomic E-state index is 0.0270. The highest BCUT2D eigenvalue weighted by atomic mass is 35.5. The lowest BCUT2D eigenvalue weighted by molar-refractivity contribution is 0.0627. The van der Waals surface area contributed by atoms with Crippen LogP contribution in [-0.2, 0) is 6.54 Å². The van der Waals surface area contributed by atoms with Crippen LogP contribution < -0.4 is 0 Å². The number of thiazole rings is 1. The number of piperazine rings is 1. The highest BCUT2D eigenvalue weighted by Crippen LogP contribution is 2.24. The van der Waals surface area contributed by atoms with E-state index in [0.29, 0.717) is 10.6 Å². The second-order valence-electron chi connectivity index (χ2n) is 5.39. The fourth-order valence-corrected chi connectivity index (χ4v) is 3.81. The van der Waals surface area contributed by atoms with E-state index < -0.39 is 0 Å². The van der Waals surface area contributed by atoms with Crippen molar-refractivity contribution in [3.8, 4) is 0 Å². The van der Waals surface area contributed by atoms with Crippen molar-refractivity contribution < 1.29 is 4.79 Å². The SMILES string of the molecule is CSc1ccc(Cl)c(C(=O)N2CCN(Cc3cscn3)CC2)c1. The minimum Gasteiger partial charge on any atom is -0.336 e. The molecule has 122 valence electrons. The molecule has 23 heavy (non-hydrogen) atoms. The van der Waals surface area contributed by atoms with Gasteiger partial charge in [-0.05, 0) is 24.5 Å². The standard InChI is InChI=1S/C16H18ClN3OS2/c1-22-13-2-3-15(17)14(8-13)16(21)20-6-4-19(5-7-20)9-12-10-23-11-18-12/h2-3,8,10-11H,4-7,9H2,1H3. The summed E-state index contributed by atoms with van der Waals surface area (Å²) in [6.07, 6.45) is 1.99. The van der Waals surface area contributed by atoms with Crippen LogP contribution >= 0.6 is 34.7 Å². The monoisotopic (exact) mass is 367 g/mol. The van der Waals surface area contributed by atoms with Crippen molar-refractivity contribution in [3.05, 3.63) is 45.4 Å². The van der Waals surface area contributed by atoms with E-state index in [9.17, 15) is 4.79 Å². The van der Waals surface area contributed by atoms with Crippen LogP contribution in [-0.4, -0.2) is 53.1 Å². The van der Waals surface area contributed by atoms with E-state index >= 15 is 0 Å². The second-order valence-corrected chi connectivity index (χ2v) is 7.40. The maximum Gasteiger partial charge on any atom is 0.255 e. The van der Waals surface area contributed by atoms with Gasteiger partial charge in [-0.1, -0.05) is 11.6 Å². The fraction of sp³-hybridized carbons (Fsp3) is 0.375. The van der Waals surface area contributed by atoms with Crippen LogP contribution in [0.15, 0.2) is 34.0 Å². The Morgan fingerprint density at radius 3 is 2.78 bits per heavy atom. The predicted molar refractivity (Wildman–Crippen MR) is 96.5 cm³/mol. The van der Waals surface area contributed by atoms with Gasteiger partial charge in [-0.15, -0.1) is 23.1 Å². The number of carbonyl (C=O) groups excluding carboxylic acids is 1. The number of hydrogen-bond donors (Lipinski definition) is 0. The summed E-state index contributed by atoms with van der Waals surface area (Å²) in [5, 5.41) is 2.60. The zero-order valence-corrected chi connectivity index (χ0v) is 15.3.